The SMILES string of the molecule is CCN1CCCC1CNC(=O)c1ccncc1O. The van der Waals surface area contributed by atoms with Gasteiger partial charge in [0, 0.05) is 18.8 Å². The average Bonchev–Trinajstić information content (AvgIpc) is 2.84. The number of hydrogen-bond donors (Lipinski definition) is 2. The second-order valence-electron chi connectivity index (χ2n) is 4.53. The summed E-state index contributed by atoms with van der Waals surface area (Å²) in [4.78, 5) is 18.0. The van der Waals surface area contributed by atoms with Crippen molar-refractivity contribution in [2.24, 2.45) is 0 Å². The lowest BCUT2D eigenvalue weighted by Gasteiger charge is -2.22. The number of carbonyl (C=O) groups is 1. The van der Waals surface area contributed by atoms with E-state index in [4.69, 9.17) is 0 Å². The smallest absolute Gasteiger partial charge is 0.255 e. The normalized spacial score (nSPS) is 19.9. The molecule has 1 saturated heterocycles. The molecule has 1 aromatic heterocycles. The minimum atomic E-state index is -0.238. The first-order valence-electron chi connectivity index (χ1n) is 6.37. The van der Waals surface area contributed by atoms with Gasteiger partial charge in [-0.3, -0.25) is 14.7 Å². The summed E-state index contributed by atoms with van der Waals surface area (Å²) in [7, 11) is 0. The molecule has 0 aliphatic carbocycles. The van der Waals surface area contributed by atoms with Gasteiger partial charge >= 0.3 is 0 Å². The number of likely N-dealkylation sites (N-methyl/N-ethyl adjacent to an activating group) is 1. The topological polar surface area (TPSA) is 65.5 Å². The lowest BCUT2D eigenvalue weighted by atomic mass is 10.2. The summed E-state index contributed by atoms with van der Waals surface area (Å²) in [6, 6.07) is 1.94. The van der Waals surface area contributed by atoms with Gasteiger partial charge in [-0.2, -0.15) is 0 Å². The van der Waals surface area contributed by atoms with Crippen molar-refractivity contribution in [3.63, 3.8) is 0 Å². The highest BCUT2D eigenvalue weighted by atomic mass is 16.3. The molecular formula is C13H19N3O2. The molecule has 0 radical (unpaired) electrons. The molecule has 0 saturated carbocycles. The number of carbonyl (C=O) groups excluding carboxylic acids is 1. The Morgan fingerprint density at radius 1 is 1.67 bits per heavy atom. The number of nitrogens with one attached hydrogen (secondary N) is 1. The Morgan fingerprint density at radius 3 is 3.22 bits per heavy atom. The Morgan fingerprint density at radius 2 is 2.50 bits per heavy atom. The van der Waals surface area contributed by atoms with Crippen LogP contribution in [0.2, 0.25) is 0 Å². The van der Waals surface area contributed by atoms with Gasteiger partial charge in [-0.1, -0.05) is 6.92 Å². The maximum atomic E-state index is 11.9. The maximum absolute atomic E-state index is 11.9. The molecule has 98 valence electrons. The number of amides is 1. The van der Waals surface area contributed by atoms with E-state index in [2.05, 4.69) is 22.1 Å². The summed E-state index contributed by atoms with van der Waals surface area (Å²) >= 11 is 0. The molecule has 2 rings (SSSR count). The fourth-order valence-corrected chi connectivity index (χ4v) is 2.43. The van der Waals surface area contributed by atoms with Gasteiger partial charge in [0.15, 0.2) is 0 Å². The summed E-state index contributed by atoms with van der Waals surface area (Å²) in [5, 5.41) is 12.4. The van der Waals surface area contributed by atoms with Crippen molar-refractivity contribution < 1.29 is 9.90 Å². The van der Waals surface area contributed by atoms with Crippen LogP contribution < -0.4 is 5.32 Å². The number of hydrogen-bond acceptors (Lipinski definition) is 4. The second-order valence-corrected chi connectivity index (χ2v) is 4.53. The molecule has 1 fully saturated rings. The molecule has 5 heteroatoms. The first kappa shape index (κ1) is 12.8. The Balaban J connectivity index is 1.91. The van der Waals surface area contributed by atoms with Crippen molar-refractivity contribution in [3.05, 3.63) is 24.0 Å². The van der Waals surface area contributed by atoms with E-state index in [1.54, 1.807) is 0 Å². The summed E-state index contributed by atoms with van der Waals surface area (Å²) in [5.41, 5.74) is 0.283. The molecular weight excluding hydrogens is 230 g/mol. The van der Waals surface area contributed by atoms with Crippen LogP contribution in [0.1, 0.15) is 30.1 Å². The van der Waals surface area contributed by atoms with Crippen LogP contribution in [0, 0.1) is 0 Å². The van der Waals surface area contributed by atoms with Crippen molar-refractivity contribution in [3.8, 4) is 5.75 Å². The second kappa shape index (κ2) is 5.82. The predicted octanol–water partition coefficient (Wildman–Crippen LogP) is 1.00. The van der Waals surface area contributed by atoms with Crippen LogP contribution in [0.5, 0.6) is 5.75 Å². The lowest BCUT2D eigenvalue weighted by molar-refractivity contribution is 0.0938. The monoisotopic (exact) mass is 249 g/mol. The number of rotatable bonds is 4. The van der Waals surface area contributed by atoms with E-state index in [1.165, 1.54) is 24.9 Å². The molecule has 0 spiro atoms. The van der Waals surface area contributed by atoms with Gasteiger partial charge in [0.25, 0.3) is 5.91 Å². The molecule has 1 aliphatic rings. The summed E-state index contributed by atoms with van der Waals surface area (Å²) in [6.07, 6.45) is 5.09. The Bertz CT molecular complexity index is 422. The van der Waals surface area contributed by atoms with E-state index in [0.29, 0.717) is 12.6 Å². The van der Waals surface area contributed by atoms with Crippen LogP contribution in [0.3, 0.4) is 0 Å². The first-order valence-corrected chi connectivity index (χ1v) is 6.37. The van der Waals surface area contributed by atoms with Gasteiger partial charge < -0.3 is 10.4 Å². The van der Waals surface area contributed by atoms with Gasteiger partial charge in [0.1, 0.15) is 5.75 Å². The highest BCUT2D eigenvalue weighted by molar-refractivity contribution is 5.96. The third kappa shape index (κ3) is 2.79. The number of likely N-dealkylation sites (tertiary alicyclic amines) is 1. The highest BCUT2D eigenvalue weighted by Gasteiger charge is 2.23. The van der Waals surface area contributed by atoms with Crippen LogP contribution in [-0.4, -0.2) is 46.6 Å². The van der Waals surface area contributed by atoms with E-state index in [0.717, 1.165) is 19.5 Å². The van der Waals surface area contributed by atoms with Crippen LogP contribution in [0.4, 0.5) is 0 Å². The lowest BCUT2D eigenvalue weighted by Crippen LogP contribution is -2.40. The van der Waals surface area contributed by atoms with E-state index < -0.39 is 0 Å². The Kier molecular flexibility index (Phi) is 4.15. The molecule has 2 N–H and O–H groups in total. The standard InChI is InChI=1S/C13H19N3O2/c1-2-16-7-3-4-10(16)8-15-13(18)11-5-6-14-9-12(11)17/h5-6,9-10,17H,2-4,7-8H2,1H3,(H,15,18). The van der Waals surface area contributed by atoms with Crippen LogP contribution in [-0.2, 0) is 0 Å². The Hall–Kier alpha value is -1.62. The van der Waals surface area contributed by atoms with Gasteiger partial charge in [-0.15, -0.1) is 0 Å². The molecule has 1 atom stereocenters. The van der Waals surface area contributed by atoms with Crippen molar-refractivity contribution >= 4 is 5.91 Å². The van der Waals surface area contributed by atoms with Gasteiger partial charge in [-0.25, -0.2) is 0 Å². The molecule has 0 aromatic carbocycles. The van der Waals surface area contributed by atoms with E-state index in [-0.39, 0.29) is 17.2 Å². The average molecular weight is 249 g/mol. The molecule has 5 nitrogen and oxygen atoms in total. The van der Waals surface area contributed by atoms with Crippen LogP contribution >= 0.6 is 0 Å². The largest absolute Gasteiger partial charge is 0.505 e. The van der Waals surface area contributed by atoms with E-state index >= 15 is 0 Å². The first-order chi connectivity index (χ1) is 8.72. The summed E-state index contributed by atoms with van der Waals surface area (Å²) in [6.45, 7) is 4.89. The molecule has 18 heavy (non-hydrogen) atoms. The van der Waals surface area contributed by atoms with Crippen LogP contribution in [0.25, 0.3) is 0 Å². The number of nitrogens with zero attached hydrogens (tertiary/aromatic N) is 2. The fourth-order valence-electron chi connectivity index (χ4n) is 2.43. The van der Waals surface area contributed by atoms with Gasteiger partial charge in [0.2, 0.25) is 0 Å². The van der Waals surface area contributed by atoms with Gasteiger partial charge in [-0.05, 0) is 32.0 Å². The Labute approximate surface area is 107 Å². The fraction of sp³-hybridized carbons (Fsp3) is 0.538. The third-order valence-corrected chi connectivity index (χ3v) is 3.45. The molecule has 1 unspecified atom stereocenters. The minimum absolute atomic E-state index is 0.0752. The zero-order valence-corrected chi connectivity index (χ0v) is 10.6. The highest BCUT2D eigenvalue weighted by Crippen LogP contribution is 2.17. The van der Waals surface area contributed by atoms with Crippen molar-refractivity contribution in [2.75, 3.05) is 19.6 Å². The van der Waals surface area contributed by atoms with E-state index in [1.807, 2.05) is 0 Å². The summed E-state index contributed by atoms with van der Waals surface area (Å²) < 4.78 is 0. The number of pyridine rings is 1. The minimum Gasteiger partial charge on any atom is -0.505 e. The zero-order valence-electron chi connectivity index (χ0n) is 10.6. The van der Waals surface area contributed by atoms with Crippen molar-refractivity contribution in [1.82, 2.24) is 15.2 Å². The molecule has 1 amide bonds. The third-order valence-electron chi connectivity index (χ3n) is 3.45. The van der Waals surface area contributed by atoms with Gasteiger partial charge in [0.05, 0.1) is 11.8 Å². The predicted molar refractivity (Wildman–Crippen MR) is 68.5 cm³/mol. The maximum Gasteiger partial charge on any atom is 0.255 e. The molecule has 0 bridgehead atoms. The number of aromatic hydroxyl groups is 1. The van der Waals surface area contributed by atoms with Crippen molar-refractivity contribution in [2.45, 2.75) is 25.8 Å². The van der Waals surface area contributed by atoms with Crippen LogP contribution in [0.15, 0.2) is 18.5 Å². The zero-order chi connectivity index (χ0) is 13.0. The van der Waals surface area contributed by atoms with E-state index in [9.17, 15) is 9.90 Å². The number of aromatic nitrogens is 1. The quantitative estimate of drug-likeness (QED) is 0.835. The van der Waals surface area contributed by atoms with Crippen molar-refractivity contribution in [1.29, 1.82) is 0 Å². The molecule has 2 heterocycles. The summed E-state index contributed by atoms with van der Waals surface area (Å²) in [5.74, 6) is -0.313. The molecule has 1 aromatic rings. The molecule has 1 aliphatic heterocycles.